The van der Waals surface area contributed by atoms with E-state index in [1.54, 1.807) is 75.2 Å². The van der Waals surface area contributed by atoms with E-state index in [2.05, 4.69) is 10.6 Å². The Hall–Kier alpha value is -6.48. The summed E-state index contributed by atoms with van der Waals surface area (Å²) in [4.78, 5) is 30.6. The zero-order valence-corrected chi connectivity index (χ0v) is 36.1. The molecule has 4 aliphatic rings. The van der Waals surface area contributed by atoms with E-state index in [-0.39, 0.29) is 78.0 Å². The van der Waals surface area contributed by atoms with Gasteiger partial charge in [-0.1, -0.05) is 24.3 Å². The minimum atomic E-state index is -4.74. The Balaban J connectivity index is 0.978. The normalized spacial score (nSPS) is 20.3. The van der Waals surface area contributed by atoms with Crippen LogP contribution in [0, 0.1) is 0 Å². The maximum atomic E-state index is 14.0. The molecular weight excluding hydrogens is 861 g/mol. The van der Waals surface area contributed by atoms with Crippen molar-refractivity contribution in [3.63, 3.8) is 0 Å². The molecule has 3 unspecified atom stereocenters. The number of carbonyl (C=O) groups excluding carboxylic acids is 2. The SMILES string of the molecule is COc1ccc(C2=CN3C(=O)c4cc(OC)c(OCCCOc5cc6c(cc5OC)C(=O)N5C=C(c7ccc(OC)cc7)C[C@H]5C(S(=O)(=O)O)N6)cc4NC(S(=O)(=O)O)C3C2)cc1. The van der Waals surface area contributed by atoms with Gasteiger partial charge in [-0.2, -0.15) is 16.8 Å². The van der Waals surface area contributed by atoms with E-state index in [4.69, 9.17) is 28.4 Å². The van der Waals surface area contributed by atoms with E-state index in [1.165, 1.54) is 48.3 Å². The molecule has 4 aromatic rings. The van der Waals surface area contributed by atoms with Gasteiger partial charge < -0.3 is 48.9 Å². The van der Waals surface area contributed by atoms with Crippen LogP contribution in [0.15, 0.2) is 85.2 Å². The van der Waals surface area contributed by atoms with Crippen LogP contribution in [0.4, 0.5) is 11.4 Å². The third-order valence-electron chi connectivity index (χ3n) is 11.4. The Bertz CT molecular complexity index is 2560. The van der Waals surface area contributed by atoms with Gasteiger partial charge in [-0.3, -0.25) is 18.7 Å². The Kier molecular flexibility index (Phi) is 11.7. The highest BCUT2D eigenvalue weighted by Gasteiger charge is 2.47. The number of rotatable bonds is 14. The van der Waals surface area contributed by atoms with Crippen LogP contribution in [-0.4, -0.2) is 112 Å². The zero-order valence-electron chi connectivity index (χ0n) is 34.4. The van der Waals surface area contributed by atoms with E-state index in [0.29, 0.717) is 22.6 Å². The van der Waals surface area contributed by atoms with E-state index < -0.39 is 54.9 Å². The molecule has 0 aromatic heterocycles. The number of ether oxygens (including phenoxy) is 6. The molecule has 4 aliphatic heterocycles. The number of nitrogens with one attached hydrogen (secondary N) is 2. The summed E-state index contributed by atoms with van der Waals surface area (Å²) in [7, 11) is -3.62. The molecule has 20 heteroatoms. The van der Waals surface area contributed by atoms with Crippen LogP contribution >= 0.6 is 0 Å². The summed E-state index contributed by atoms with van der Waals surface area (Å²) in [5.41, 5.74) is 3.30. The summed E-state index contributed by atoms with van der Waals surface area (Å²) in [6.07, 6.45) is 3.70. The Morgan fingerprint density at radius 3 is 1.29 bits per heavy atom. The van der Waals surface area contributed by atoms with Gasteiger partial charge in [0.2, 0.25) is 0 Å². The minimum absolute atomic E-state index is 0.0435. The number of amides is 2. The number of benzene rings is 4. The van der Waals surface area contributed by atoms with Crippen molar-refractivity contribution in [3.8, 4) is 34.5 Å². The van der Waals surface area contributed by atoms with Gasteiger partial charge >= 0.3 is 0 Å². The molecule has 0 bridgehead atoms. The largest absolute Gasteiger partial charge is 0.497 e. The Morgan fingerprint density at radius 2 is 0.952 bits per heavy atom. The first-order chi connectivity index (χ1) is 30.1. The van der Waals surface area contributed by atoms with E-state index >= 15 is 0 Å². The second-order valence-electron chi connectivity index (χ2n) is 15.0. The standard InChI is InChI=1S/C43H44N4O14S2/c1-56-28-10-6-24(7-11-28)26-16-34-40(62(50,51)52)44-32-20-38(36(58-3)18-30(32)42(48)46(34)22-26)60-14-5-15-61-39-21-33-31(19-37(39)59-4)43(49)47-23-27(25-8-12-29(57-2)13-9-25)17-35(47)41(45-33)63(53,54)55/h6-13,18-23,34-35,40-41,44-45H,5,14-17H2,1-4H3,(H,50,51,52)(H,53,54,55)/t34-,35?,40?,41?/m0/s1. The van der Waals surface area contributed by atoms with E-state index in [9.17, 15) is 35.5 Å². The topological polar surface area (TPSA) is 229 Å². The lowest BCUT2D eigenvalue weighted by molar-refractivity contribution is 0.0782. The highest BCUT2D eigenvalue weighted by molar-refractivity contribution is 7.86. The van der Waals surface area contributed by atoms with Gasteiger partial charge in [-0.15, -0.1) is 0 Å². The fourth-order valence-corrected chi connectivity index (χ4v) is 10.0. The van der Waals surface area contributed by atoms with Gasteiger partial charge in [0.25, 0.3) is 32.1 Å². The first kappa shape index (κ1) is 43.2. The molecule has 2 amide bonds. The number of hydrogen-bond acceptors (Lipinski definition) is 14. The van der Waals surface area contributed by atoms with Crippen LogP contribution in [0.2, 0.25) is 0 Å². The summed E-state index contributed by atoms with van der Waals surface area (Å²) in [6.45, 7) is 0.0870. The van der Waals surface area contributed by atoms with Gasteiger partial charge in [-0.05, 0) is 71.5 Å². The van der Waals surface area contributed by atoms with Crippen LogP contribution in [0.1, 0.15) is 51.1 Å². The van der Waals surface area contributed by atoms with Gasteiger partial charge in [0.15, 0.2) is 33.7 Å². The third-order valence-corrected chi connectivity index (χ3v) is 13.5. The van der Waals surface area contributed by atoms with E-state index in [1.807, 2.05) is 0 Å². The molecule has 0 fully saturated rings. The van der Waals surface area contributed by atoms with Gasteiger partial charge in [0, 0.05) is 31.0 Å². The monoisotopic (exact) mass is 904 g/mol. The number of fused-ring (bicyclic) bond motifs is 4. The number of hydrogen-bond donors (Lipinski definition) is 4. The number of carbonyl (C=O) groups is 2. The lowest BCUT2D eigenvalue weighted by Gasteiger charge is -2.26. The Morgan fingerprint density at radius 1 is 0.571 bits per heavy atom. The van der Waals surface area contributed by atoms with Crippen molar-refractivity contribution in [1.82, 2.24) is 9.80 Å². The number of methoxy groups -OCH3 is 4. The second-order valence-corrected chi connectivity index (χ2v) is 18.1. The summed E-state index contributed by atoms with van der Waals surface area (Å²) in [5.74, 6) is 0.959. The number of nitrogens with zero attached hydrogens (tertiary/aromatic N) is 2. The molecular formula is C43H44N4O14S2. The van der Waals surface area contributed by atoms with Crippen molar-refractivity contribution in [1.29, 1.82) is 0 Å². The molecule has 4 aromatic carbocycles. The molecule has 4 N–H and O–H groups in total. The third kappa shape index (κ3) is 8.41. The average Bonchev–Trinajstić information content (AvgIpc) is 3.86. The molecule has 0 saturated heterocycles. The predicted molar refractivity (Wildman–Crippen MR) is 231 cm³/mol. The number of anilines is 2. The predicted octanol–water partition coefficient (Wildman–Crippen LogP) is 5.36. The van der Waals surface area contributed by atoms with Crippen LogP contribution < -0.4 is 39.1 Å². The molecule has 4 atom stereocenters. The van der Waals surface area contributed by atoms with Crippen molar-refractivity contribution in [3.05, 3.63) is 107 Å². The van der Waals surface area contributed by atoms with Crippen LogP contribution in [-0.2, 0) is 20.2 Å². The lowest BCUT2D eigenvalue weighted by atomic mass is 10.0. The highest BCUT2D eigenvalue weighted by Crippen LogP contribution is 2.44. The second kappa shape index (κ2) is 17.0. The maximum absolute atomic E-state index is 14.0. The van der Waals surface area contributed by atoms with Crippen LogP contribution in [0.25, 0.3) is 11.1 Å². The summed E-state index contributed by atoms with van der Waals surface area (Å²) in [6, 6.07) is 18.0. The average molecular weight is 905 g/mol. The van der Waals surface area contributed by atoms with Crippen molar-refractivity contribution in [2.45, 2.75) is 42.1 Å². The molecule has 8 rings (SSSR count). The first-order valence-electron chi connectivity index (χ1n) is 19.6. The van der Waals surface area contributed by atoms with Crippen LogP contribution in [0.5, 0.6) is 34.5 Å². The van der Waals surface area contributed by atoms with Gasteiger partial charge in [-0.25, -0.2) is 0 Å². The molecule has 18 nitrogen and oxygen atoms in total. The summed E-state index contributed by atoms with van der Waals surface area (Å²) >= 11 is 0. The summed E-state index contributed by atoms with van der Waals surface area (Å²) in [5, 5.41) is 2.58. The van der Waals surface area contributed by atoms with E-state index in [0.717, 1.165) is 11.1 Å². The van der Waals surface area contributed by atoms with Crippen molar-refractivity contribution in [2.75, 3.05) is 52.3 Å². The van der Waals surface area contributed by atoms with Crippen LogP contribution in [0.3, 0.4) is 0 Å². The first-order valence-corrected chi connectivity index (χ1v) is 22.6. The molecule has 0 radical (unpaired) electrons. The Labute approximate surface area is 363 Å². The fraction of sp³-hybridized carbons (Fsp3) is 0.302. The van der Waals surface area contributed by atoms with Crippen molar-refractivity contribution < 1.29 is 64.0 Å². The lowest BCUT2D eigenvalue weighted by Crippen LogP contribution is -2.46. The molecule has 332 valence electrons. The molecule has 0 aliphatic carbocycles. The van der Waals surface area contributed by atoms with Gasteiger partial charge in [0.05, 0.1) is 76.2 Å². The molecule has 63 heavy (non-hydrogen) atoms. The van der Waals surface area contributed by atoms with Crippen molar-refractivity contribution >= 4 is 54.6 Å². The minimum Gasteiger partial charge on any atom is -0.497 e. The molecule has 0 saturated carbocycles. The summed E-state index contributed by atoms with van der Waals surface area (Å²) < 4.78 is 106. The van der Waals surface area contributed by atoms with Crippen molar-refractivity contribution in [2.24, 2.45) is 0 Å². The highest BCUT2D eigenvalue weighted by atomic mass is 32.2. The molecule has 4 heterocycles. The smallest absolute Gasteiger partial charge is 0.288 e. The molecule has 0 spiro atoms. The maximum Gasteiger partial charge on any atom is 0.288 e. The fourth-order valence-electron chi connectivity index (χ4n) is 8.20. The van der Waals surface area contributed by atoms with Gasteiger partial charge in [0.1, 0.15) is 11.5 Å². The quantitative estimate of drug-likeness (QED) is 0.0922. The zero-order chi connectivity index (χ0) is 44.8.